The topological polar surface area (TPSA) is 55.6 Å². The van der Waals surface area contributed by atoms with Crippen LogP contribution in [0.2, 0.25) is 0 Å². The van der Waals surface area contributed by atoms with Crippen LogP contribution in [0.1, 0.15) is 41.6 Å². The van der Waals surface area contributed by atoms with E-state index >= 15 is 0 Å². The van der Waals surface area contributed by atoms with Crippen molar-refractivity contribution in [3.8, 4) is 0 Å². The fraction of sp³-hybridized carbons (Fsp3) is 0.533. The minimum absolute atomic E-state index is 0.713. The van der Waals surface area contributed by atoms with Crippen molar-refractivity contribution in [3.63, 3.8) is 0 Å². The SMILES string of the molecule is CNc1cc(C)nc(Cn2c(C)nc3c2CCCC3)n1. The third-order valence-electron chi connectivity index (χ3n) is 3.88. The highest BCUT2D eigenvalue weighted by molar-refractivity contribution is 5.35. The van der Waals surface area contributed by atoms with Crippen LogP contribution in [0.15, 0.2) is 6.07 Å². The largest absolute Gasteiger partial charge is 0.373 e. The lowest BCUT2D eigenvalue weighted by molar-refractivity contribution is 0.614. The molecular weight excluding hydrogens is 250 g/mol. The highest BCUT2D eigenvalue weighted by Crippen LogP contribution is 2.22. The first-order valence-electron chi connectivity index (χ1n) is 7.24. The van der Waals surface area contributed by atoms with Crippen molar-refractivity contribution in [2.24, 2.45) is 0 Å². The molecule has 0 bridgehead atoms. The standard InChI is InChI=1S/C15H21N5/c1-10-8-14(16-3)19-15(17-10)9-20-11(2)18-12-6-4-5-7-13(12)20/h8H,4-7,9H2,1-3H3,(H,16,17,19). The highest BCUT2D eigenvalue weighted by Gasteiger charge is 2.18. The monoisotopic (exact) mass is 271 g/mol. The normalized spacial score (nSPS) is 14.2. The average Bonchev–Trinajstić information content (AvgIpc) is 2.75. The predicted octanol–water partition coefficient (Wildman–Crippen LogP) is 2.26. The number of imidazole rings is 1. The van der Waals surface area contributed by atoms with Crippen molar-refractivity contribution in [2.75, 3.05) is 12.4 Å². The minimum Gasteiger partial charge on any atom is -0.373 e. The van der Waals surface area contributed by atoms with Gasteiger partial charge in [-0.05, 0) is 39.5 Å². The van der Waals surface area contributed by atoms with Gasteiger partial charge in [-0.1, -0.05) is 0 Å². The molecule has 1 N–H and O–H groups in total. The third kappa shape index (κ3) is 2.40. The van der Waals surface area contributed by atoms with Gasteiger partial charge in [0.25, 0.3) is 0 Å². The number of hydrogen-bond acceptors (Lipinski definition) is 4. The summed E-state index contributed by atoms with van der Waals surface area (Å²) in [5.41, 5.74) is 3.64. The molecule has 106 valence electrons. The van der Waals surface area contributed by atoms with Crippen LogP contribution in [-0.4, -0.2) is 26.6 Å². The zero-order valence-corrected chi connectivity index (χ0v) is 12.4. The Labute approximate surface area is 119 Å². The molecule has 0 amide bonds. The Kier molecular flexibility index (Phi) is 3.42. The molecule has 5 nitrogen and oxygen atoms in total. The van der Waals surface area contributed by atoms with Gasteiger partial charge in [0.2, 0.25) is 0 Å². The van der Waals surface area contributed by atoms with Crippen molar-refractivity contribution >= 4 is 5.82 Å². The van der Waals surface area contributed by atoms with Crippen molar-refractivity contribution in [2.45, 2.75) is 46.1 Å². The zero-order chi connectivity index (χ0) is 14.1. The van der Waals surface area contributed by atoms with Crippen LogP contribution in [0.25, 0.3) is 0 Å². The number of aryl methyl sites for hydroxylation is 3. The summed E-state index contributed by atoms with van der Waals surface area (Å²) < 4.78 is 2.28. The first kappa shape index (κ1) is 13.1. The van der Waals surface area contributed by atoms with Crippen LogP contribution in [0.4, 0.5) is 5.82 Å². The number of fused-ring (bicyclic) bond motifs is 1. The lowest BCUT2D eigenvalue weighted by Gasteiger charge is -2.14. The summed E-state index contributed by atoms with van der Waals surface area (Å²) in [6, 6.07) is 1.96. The fourth-order valence-electron chi connectivity index (χ4n) is 2.92. The Hall–Kier alpha value is -1.91. The van der Waals surface area contributed by atoms with Crippen molar-refractivity contribution in [1.82, 2.24) is 19.5 Å². The molecule has 0 radical (unpaired) electrons. The van der Waals surface area contributed by atoms with E-state index in [-0.39, 0.29) is 0 Å². The number of anilines is 1. The van der Waals surface area contributed by atoms with Gasteiger partial charge in [0.05, 0.1) is 12.2 Å². The molecule has 20 heavy (non-hydrogen) atoms. The molecule has 0 spiro atoms. The van der Waals surface area contributed by atoms with Gasteiger partial charge in [0.1, 0.15) is 11.6 Å². The number of rotatable bonds is 3. The number of nitrogens with one attached hydrogen (secondary N) is 1. The van der Waals surface area contributed by atoms with Gasteiger partial charge in [0.15, 0.2) is 5.82 Å². The molecule has 0 saturated heterocycles. The Balaban J connectivity index is 1.95. The molecule has 0 saturated carbocycles. The number of nitrogens with zero attached hydrogens (tertiary/aromatic N) is 4. The molecule has 1 aliphatic rings. The van der Waals surface area contributed by atoms with Gasteiger partial charge in [0, 0.05) is 24.5 Å². The quantitative estimate of drug-likeness (QED) is 0.930. The van der Waals surface area contributed by atoms with E-state index in [0.717, 1.165) is 36.0 Å². The first-order valence-corrected chi connectivity index (χ1v) is 7.24. The molecule has 0 unspecified atom stereocenters. The lowest BCUT2D eigenvalue weighted by atomic mass is 10.0. The summed E-state index contributed by atoms with van der Waals surface area (Å²) in [5.74, 6) is 2.80. The third-order valence-corrected chi connectivity index (χ3v) is 3.88. The maximum Gasteiger partial charge on any atom is 0.150 e. The summed E-state index contributed by atoms with van der Waals surface area (Å²) in [6.07, 6.45) is 4.75. The van der Waals surface area contributed by atoms with Crippen LogP contribution in [-0.2, 0) is 19.4 Å². The average molecular weight is 271 g/mol. The van der Waals surface area contributed by atoms with Gasteiger partial charge in [-0.2, -0.15) is 0 Å². The zero-order valence-electron chi connectivity index (χ0n) is 12.4. The Morgan fingerprint density at radius 3 is 2.75 bits per heavy atom. The molecule has 0 aliphatic heterocycles. The molecule has 2 aromatic rings. The molecule has 0 atom stereocenters. The van der Waals surface area contributed by atoms with E-state index in [2.05, 4.69) is 26.8 Å². The molecule has 5 heteroatoms. The van der Waals surface area contributed by atoms with Crippen LogP contribution < -0.4 is 5.32 Å². The Morgan fingerprint density at radius 2 is 1.95 bits per heavy atom. The summed E-state index contributed by atoms with van der Waals surface area (Å²) in [5, 5.41) is 3.09. The molecule has 3 rings (SSSR count). The fourth-order valence-corrected chi connectivity index (χ4v) is 2.92. The van der Waals surface area contributed by atoms with Gasteiger partial charge in [-0.15, -0.1) is 0 Å². The van der Waals surface area contributed by atoms with E-state index in [1.165, 1.54) is 24.2 Å². The molecule has 1 aliphatic carbocycles. The second kappa shape index (κ2) is 5.23. The Morgan fingerprint density at radius 1 is 1.15 bits per heavy atom. The van der Waals surface area contributed by atoms with Crippen molar-refractivity contribution < 1.29 is 0 Å². The summed E-state index contributed by atoms with van der Waals surface area (Å²) in [7, 11) is 1.88. The number of aromatic nitrogens is 4. The van der Waals surface area contributed by atoms with Crippen LogP contribution >= 0.6 is 0 Å². The van der Waals surface area contributed by atoms with Crippen molar-refractivity contribution in [3.05, 3.63) is 34.8 Å². The molecular formula is C15H21N5. The molecule has 0 aromatic carbocycles. The van der Waals surface area contributed by atoms with Gasteiger partial charge in [-0.3, -0.25) is 0 Å². The number of hydrogen-bond donors (Lipinski definition) is 1. The van der Waals surface area contributed by atoms with Crippen LogP contribution in [0, 0.1) is 13.8 Å². The summed E-state index contributed by atoms with van der Waals surface area (Å²) in [6.45, 7) is 4.79. The van der Waals surface area contributed by atoms with Gasteiger partial charge < -0.3 is 9.88 Å². The van der Waals surface area contributed by atoms with Gasteiger partial charge >= 0.3 is 0 Å². The Bertz CT molecular complexity index is 629. The maximum atomic E-state index is 4.70. The predicted molar refractivity (Wildman–Crippen MR) is 79.0 cm³/mol. The van der Waals surface area contributed by atoms with E-state index in [4.69, 9.17) is 4.98 Å². The lowest BCUT2D eigenvalue weighted by Crippen LogP contribution is -2.13. The summed E-state index contributed by atoms with van der Waals surface area (Å²) in [4.78, 5) is 13.8. The second-order valence-corrected chi connectivity index (χ2v) is 5.41. The molecule has 2 aromatic heterocycles. The van der Waals surface area contributed by atoms with Gasteiger partial charge in [-0.25, -0.2) is 15.0 Å². The maximum absolute atomic E-state index is 4.70. The van der Waals surface area contributed by atoms with Crippen molar-refractivity contribution in [1.29, 1.82) is 0 Å². The molecule has 2 heterocycles. The first-order chi connectivity index (χ1) is 9.67. The van der Waals surface area contributed by atoms with Crippen LogP contribution in [0.3, 0.4) is 0 Å². The second-order valence-electron chi connectivity index (χ2n) is 5.41. The van der Waals surface area contributed by atoms with E-state index in [9.17, 15) is 0 Å². The minimum atomic E-state index is 0.713. The van der Waals surface area contributed by atoms with E-state index in [0.29, 0.717) is 6.54 Å². The summed E-state index contributed by atoms with van der Waals surface area (Å²) >= 11 is 0. The van der Waals surface area contributed by atoms with E-state index in [1.54, 1.807) is 0 Å². The molecule has 0 fully saturated rings. The van der Waals surface area contributed by atoms with E-state index in [1.807, 2.05) is 20.0 Å². The van der Waals surface area contributed by atoms with E-state index < -0.39 is 0 Å². The smallest absolute Gasteiger partial charge is 0.150 e. The van der Waals surface area contributed by atoms with Crippen LogP contribution in [0.5, 0.6) is 0 Å². The highest BCUT2D eigenvalue weighted by atomic mass is 15.1.